The van der Waals surface area contributed by atoms with Crippen molar-refractivity contribution in [3.8, 4) is 11.8 Å². The third kappa shape index (κ3) is 3.60. The Morgan fingerprint density at radius 1 is 1.36 bits per heavy atom. The summed E-state index contributed by atoms with van der Waals surface area (Å²) in [5.41, 5.74) is 3.00. The minimum absolute atomic E-state index is 0.0618. The van der Waals surface area contributed by atoms with Crippen LogP contribution in [-0.2, 0) is 13.5 Å². The first-order valence-electron chi connectivity index (χ1n) is 9.03. The number of benzene rings is 1. The fraction of sp³-hybridized carbons (Fsp3) is 0.350. The largest absolute Gasteiger partial charge is 0.435 e. The van der Waals surface area contributed by atoms with Gasteiger partial charge < -0.3 is 9.64 Å². The Morgan fingerprint density at radius 3 is 2.93 bits per heavy atom. The van der Waals surface area contributed by atoms with Gasteiger partial charge in [0.25, 0.3) is 0 Å². The third-order valence-corrected chi connectivity index (χ3v) is 5.04. The number of ether oxygens (including phenoxy) is 1. The van der Waals surface area contributed by atoms with Crippen LogP contribution < -0.4 is 9.64 Å². The summed E-state index contributed by atoms with van der Waals surface area (Å²) in [6.07, 6.45) is 7.32. The molecule has 4 rings (SSSR count). The summed E-state index contributed by atoms with van der Waals surface area (Å²) in [6, 6.07) is 6.83. The molecule has 28 heavy (non-hydrogen) atoms. The van der Waals surface area contributed by atoms with Crippen molar-refractivity contribution in [1.29, 1.82) is 5.26 Å². The molecule has 1 aliphatic heterocycles. The molecule has 1 atom stereocenters. The summed E-state index contributed by atoms with van der Waals surface area (Å²) in [5.74, 6) is 0.492. The normalized spacial score (nSPS) is 16.7. The van der Waals surface area contributed by atoms with Crippen molar-refractivity contribution in [2.75, 3.05) is 18.0 Å². The number of halogens is 2. The van der Waals surface area contributed by atoms with Crippen LogP contribution in [0.1, 0.15) is 17.5 Å². The number of rotatable bonds is 5. The van der Waals surface area contributed by atoms with E-state index in [2.05, 4.69) is 25.8 Å². The van der Waals surface area contributed by atoms with E-state index in [1.807, 2.05) is 19.4 Å². The summed E-state index contributed by atoms with van der Waals surface area (Å²) in [6.45, 7) is -1.33. The maximum Gasteiger partial charge on any atom is 0.387 e. The molecule has 1 fully saturated rings. The van der Waals surface area contributed by atoms with E-state index in [9.17, 15) is 14.0 Å². The van der Waals surface area contributed by atoms with E-state index >= 15 is 0 Å². The van der Waals surface area contributed by atoms with Crippen LogP contribution in [0.4, 0.5) is 14.5 Å². The van der Waals surface area contributed by atoms with Gasteiger partial charge >= 0.3 is 6.61 Å². The molecule has 6 nitrogen and oxygen atoms in total. The molecule has 8 heteroatoms. The number of aryl methyl sites for hydroxylation is 1. The van der Waals surface area contributed by atoms with Crippen LogP contribution in [0.15, 0.2) is 36.8 Å². The van der Waals surface area contributed by atoms with Gasteiger partial charge in [0.05, 0.1) is 23.0 Å². The Labute approximate surface area is 161 Å². The fourth-order valence-electron chi connectivity index (χ4n) is 3.87. The van der Waals surface area contributed by atoms with E-state index in [4.69, 9.17) is 0 Å². The van der Waals surface area contributed by atoms with Gasteiger partial charge in [-0.2, -0.15) is 19.1 Å². The molecule has 1 aliphatic rings. The zero-order chi connectivity index (χ0) is 19.7. The predicted octanol–water partition coefficient (Wildman–Crippen LogP) is 3.51. The highest BCUT2D eigenvalue weighted by molar-refractivity contribution is 5.95. The smallest absolute Gasteiger partial charge is 0.387 e. The van der Waals surface area contributed by atoms with Gasteiger partial charge in [-0.1, -0.05) is 0 Å². The maximum atomic E-state index is 12.6. The Bertz CT molecular complexity index is 1040. The van der Waals surface area contributed by atoms with Crippen molar-refractivity contribution in [1.82, 2.24) is 14.8 Å². The van der Waals surface area contributed by atoms with Crippen LogP contribution in [0.5, 0.6) is 5.75 Å². The number of aromatic nitrogens is 3. The standard InChI is InChI=1S/C20H19F2N5O/c1-26-11-14(9-25-26)6-13-4-5-27(12-13)19-15(8-23)10-24-18-3-2-16(7-17(18)19)28-20(21)22/h2-3,7,9-11,13,20H,4-6,12H2,1H3. The van der Waals surface area contributed by atoms with Crippen molar-refractivity contribution >= 4 is 16.6 Å². The summed E-state index contributed by atoms with van der Waals surface area (Å²) in [5, 5.41) is 14.4. The molecule has 1 unspecified atom stereocenters. The van der Waals surface area contributed by atoms with E-state index in [0.717, 1.165) is 31.6 Å². The van der Waals surface area contributed by atoms with Crippen molar-refractivity contribution in [3.63, 3.8) is 0 Å². The second kappa shape index (κ2) is 7.43. The van der Waals surface area contributed by atoms with Gasteiger partial charge in [-0.25, -0.2) is 0 Å². The second-order valence-corrected chi connectivity index (χ2v) is 7.02. The number of nitriles is 1. The second-order valence-electron chi connectivity index (χ2n) is 7.02. The lowest BCUT2D eigenvalue weighted by Crippen LogP contribution is -2.21. The summed E-state index contributed by atoms with van der Waals surface area (Å²) in [7, 11) is 1.89. The number of fused-ring (bicyclic) bond motifs is 1. The molecule has 144 valence electrons. The van der Waals surface area contributed by atoms with Crippen LogP contribution in [0.25, 0.3) is 10.9 Å². The van der Waals surface area contributed by atoms with E-state index in [-0.39, 0.29) is 5.75 Å². The third-order valence-electron chi connectivity index (χ3n) is 5.04. The molecule has 0 N–H and O–H groups in total. The van der Waals surface area contributed by atoms with Crippen LogP contribution >= 0.6 is 0 Å². The molecule has 0 spiro atoms. The summed E-state index contributed by atoms with van der Waals surface area (Å²) < 4.78 is 31.6. The minimum atomic E-state index is -2.90. The zero-order valence-electron chi connectivity index (χ0n) is 15.3. The first-order chi connectivity index (χ1) is 13.5. The number of pyridine rings is 1. The first-order valence-corrected chi connectivity index (χ1v) is 9.03. The molecule has 0 radical (unpaired) electrons. The Balaban J connectivity index is 1.65. The number of anilines is 1. The van der Waals surface area contributed by atoms with Gasteiger partial charge in [0.2, 0.25) is 0 Å². The Kier molecular flexibility index (Phi) is 4.82. The van der Waals surface area contributed by atoms with Crippen molar-refractivity contribution in [2.45, 2.75) is 19.5 Å². The van der Waals surface area contributed by atoms with E-state index < -0.39 is 6.61 Å². The zero-order valence-corrected chi connectivity index (χ0v) is 15.3. The van der Waals surface area contributed by atoms with Gasteiger partial charge in [0.15, 0.2) is 0 Å². The molecular weight excluding hydrogens is 364 g/mol. The van der Waals surface area contributed by atoms with Crippen molar-refractivity contribution in [2.24, 2.45) is 13.0 Å². The molecule has 3 heterocycles. The molecule has 0 bridgehead atoms. The highest BCUT2D eigenvalue weighted by Crippen LogP contribution is 2.35. The van der Waals surface area contributed by atoms with Crippen LogP contribution in [-0.4, -0.2) is 34.5 Å². The Hall–Kier alpha value is -3.21. The number of alkyl halides is 2. The topological polar surface area (TPSA) is 67.0 Å². The highest BCUT2D eigenvalue weighted by atomic mass is 19.3. The molecule has 0 saturated carbocycles. The molecule has 1 saturated heterocycles. The monoisotopic (exact) mass is 383 g/mol. The lowest BCUT2D eigenvalue weighted by Gasteiger charge is -2.22. The van der Waals surface area contributed by atoms with Gasteiger partial charge in [0.1, 0.15) is 11.8 Å². The number of hydrogen-bond acceptors (Lipinski definition) is 5. The van der Waals surface area contributed by atoms with E-state index in [1.54, 1.807) is 23.0 Å². The highest BCUT2D eigenvalue weighted by Gasteiger charge is 2.27. The molecule has 0 amide bonds. The summed E-state index contributed by atoms with van der Waals surface area (Å²) >= 11 is 0. The minimum Gasteiger partial charge on any atom is -0.435 e. The van der Waals surface area contributed by atoms with Crippen LogP contribution in [0.2, 0.25) is 0 Å². The first kappa shape index (κ1) is 18.2. The SMILES string of the molecule is Cn1cc(CC2CCN(c3c(C#N)cnc4ccc(OC(F)F)cc34)C2)cn1. The van der Waals surface area contributed by atoms with Crippen LogP contribution in [0, 0.1) is 17.2 Å². The van der Waals surface area contributed by atoms with Crippen molar-refractivity contribution < 1.29 is 13.5 Å². The Morgan fingerprint density at radius 2 is 2.21 bits per heavy atom. The average molecular weight is 383 g/mol. The lowest BCUT2D eigenvalue weighted by molar-refractivity contribution is -0.0497. The molecule has 0 aliphatic carbocycles. The van der Waals surface area contributed by atoms with E-state index in [0.29, 0.717) is 22.4 Å². The van der Waals surface area contributed by atoms with Gasteiger partial charge in [-0.15, -0.1) is 0 Å². The molecule has 1 aromatic carbocycles. The average Bonchev–Trinajstić information content (AvgIpc) is 3.29. The van der Waals surface area contributed by atoms with E-state index in [1.165, 1.54) is 11.6 Å². The fourth-order valence-corrected chi connectivity index (χ4v) is 3.87. The quantitative estimate of drug-likeness (QED) is 0.675. The number of nitrogens with zero attached hydrogens (tertiary/aromatic N) is 5. The summed E-state index contributed by atoms with van der Waals surface area (Å²) in [4.78, 5) is 6.44. The number of hydrogen-bond donors (Lipinski definition) is 0. The van der Waals surface area contributed by atoms with Crippen molar-refractivity contribution in [3.05, 3.63) is 47.9 Å². The molecule has 3 aromatic rings. The van der Waals surface area contributed by atoms with Gasteiger partial charge in [-0.3, -0.25) is 9.67 Å². The van der Waals surface area contributed by atoms with Gasteiger partial charge in [-0.05, 0) is 42.5 Å². The maximum absolute atomic E-state index is 12.6. The van der Waals surface area contributed by atoms with Gasteiger partial charge in [0, 0.05) is 37.9 Å². The molecule has 2 aromatic heterocycles. The van der Waals surface area contributed by atoms with Crippen LogP contribution in [0.3, 0.4) is 0 Å². The lowest BCUT2D eigenvalue weighted by atomic mass is 10.0. The predicted molar refractivity (Wildman–Crippen MR) is 100 cm³/mol. The molecular formula is C20H19F2N5O.